The van der Waals surface area contributed by atoms with Crippen LogP contribution in [0.1, 0.15) is 29.8 Å². The maximum absolute atomic E-state index is 13.8. The molecule has 6 nitrogen and oxygen atoms in total. The van der Waals surface area contributed by atoms with Crippen molar-refractivity contribution in [2.75, 3.05) is 50.5 Å². The summed E-state index contributed by atoms with van der Waals surface area (Å²) in [6.07, 6.45) is 2.23. The van der Waals surface area contributed by atoms with Gasteiger partial charge in [-0.3, -0.25) is 0 Å². The molecular formula is C30H32FN5O. The quantitative estimate of drug-likeness (QED) is 0.310. The van der Waals surface area contributed by atoms with E-state index in [1.54, 1.807) is 7.11 Å². The topological polar surface area (TPSA) is 65.2 Å². The van der Waals surface area contributed by atoms with Gasteiger partial charge in [0.2, 0.25) is 0 Å². The lowest BCUT2D eigenvalue weighted by Gasteiger charge is -2.32. The number of nitrogens with one attached hydrogen (secondary N) is 3. The van der Waals surface area contributed by atoms with Crippen LogP contribution in [0.15, 0.2) is 66.7 Å². The van der Waals surface area contributed by atoms with Gasteiger partial charge in [-0.1, -0.05) is 24.3 Å². The van der Waals surface area contributed by atoms with Gasteiger partial charge in [-0.2, -0.15) is 0 Å². The van der Waals surface area contributed by atoms with Crippen molar-refractivity contribution in [1.29, 1.82) is 0 Å². The molecule has 37 heavy (non-hydrogen) atoms. The summed E-state index contributed by atoms with van der Waals surface area (Å²) >= 11 is 0. The molecule has 0 spiro atoms. The molecule has 3 N–H and O–H groups in total. The predicted molar refractivity (Wildman–Crippen MR) is 148 cm³/mol. The van der Waals surface area contributed by atoms with Crippen molar-refractivity contribution < 1.29 is 9.13 Å². The van der Waals surface area contributed by atoms with Gasteiger partial charge in [0.05, 0.1) is 17.6 Å². The lowest BCUT2D eigenvalue weighted by Crippen LogP contribution is -2.40. The predicted octanol–water partition coefficient (Wildman–Crippen LogP) is 5.61. The Hall–Kier alpha value is -3.68. The summed E-state index contributed by atoms with van der Waals surface area (Å²) in [5.41, 5.74) is 8.36. The van der Waals surface area contributed by atoms with E-state index < -0.39 is 0 Å². The van der Waals surface area contributed by atoms with Gasteiger partial charge in [0.1, 0.15) is 11.6 Å². The van der Waals surface area contributed by atoms with E-state index in [1.807, 2.05) is 36.4 Å². The van der Waals surface area contributed by atoms with Crippen molar-refractivity contribution in [1.82, 2.24) is 14.9 Å². The Morgan fingerprint density at radius 2 is 1.89 bits per heavy atom. The summed E-state index contributed by atoms with van der Waals surface area (Å²) in [6.45, 7) is 4.63. The number of imidazole rings is 1. The van der Waals surface area contributed by atoms with Crippen LogP contribution in [0.3, 0.4) is 0 Å². The largest absolute Gasteiger partial charge is 0.383 e. The zero-order valence-corrected chi connectivity index (χ0v) is 21.1. The molecule has 2 aliphatic heterocycles. The molecule has 0 aliphatic carbocycles. The van der Waals surface area contributed by atoms with Gasteiger partial charge in [0.25, 0.3) is 0 Å². The summed E-state index contributed by atoms with van der Waals surface area (Å²) < 4.78 is 19.1. The zero-order chi connectivity index (χ0) is 25.2. The van der Waals surface area contributed by atoms with E-state index in [4.69, 9.17) is 9.72 Å². The number of anilines is 2. The summed E-state index contributed by atoms with van der Waals surface area (Å²) in [5.74, 6) is 0.543. The number of hydrogen-bond donors (Lipinski definition) is 3. The lowest BCUT2D eigenvalue weighted by molar-refractivity contribution is 0.132. The first kappa shape index (κ1) is 23.7. The molecule has 190 valence electrons. The normalized spacial score (nSPS) is 17.6. The zero-order valence-electron chi connectivity index (χ0n) is 21.1. The van der Waals surface area contributed by atoms with Gasteiger partial charge in [-0.15, -0.1) is 0 Å². The fourth-order valence-electron chi connectivity index (χ4n) is 5.44. The second-order valence-corrected chi connectivity index (χ2v) is 9.83. The highest BCUT2D eigenvalue weighted by molar-refractivity contribution is 6.04. The van der Waals surface area contributed by atoms with Crippen LogP contribution >= 0.6 is 0 Å². The van der Waals surface area contributed by atoms with Crippen molar-refractivity contribution in [3.05, 3.63) is 89.5 Å². The number of aromatic amines is 1. The van der Waals surface area contributed by atoms with Crippen molar-refractivity contribution in [2.24, 2.45) is 0 Å². The van der Waals surface area contributed by atoms with Crippen LogP contribution in [-0.4, -0.2) is 60.8 Å². The number of piperidine rings is 1. The maximum Gasteiger partial charge on any atom is 0.139 e. The van der Waals surface area contributed by atoms with E-state index in [9.17, 15) is 4.39 Å². The number of likely N-dealkylation sites (tertiary alicyclic amines) is 1. The number of methoxy groups -OCH3 is 1. The third-order valence-electron chi connectivity index (χ3n) is 7.43. The molecule has 2 aliphatic rings. The third kappa shape index (κ3) is 4.97. The number of ether oxygens (including phenoxy) is 1. The number of halogens is 1. The number of rotatable bonds is 7. The molecular weight excluding hydrogens is 465 g/mol. The second-order valence-electron chi connectivity index (χ2n) is 9.83. The molecule has 7 heteroatoms. The van der Waals surface area contributed by atoms with Crippen molar-refractivity contribution in [2.45, 2.75) is 18.9 Å². The minimum atomic E-state index is -0.248. The number of aromatic nitrogens is 2. The Morgan fingerprint density at radius 1 is 1.08 bits per heavy atom. The SMILES string of the molecule is COCCN1CCC(Nc2ccc3c(c2)/C(=C(\c2ccc(F)cc2)c2nc4ccccc4[nH]2)CN3)CC1. The van der Waals surface area contributed by atoms with Crippen molar-refractivity contribution in [3.63, 3.8) is 0 Å². The van der Waals surface area contributed by atoms with E-state index in [2.05, 4.69) is 38.7 Å². The van der Waals surface area contributed by atoms with Crippen LogP contribution in [0.5, 0.6) is 0 Å². The molecule has 0 saturated carbocycles. The minimum Gasteiger partial charge on any atom is -0.383 e. The molecule has 0 unspecified atom stereocenters. The lowest BCUT2D eigenvalue weighted by atomic mass is 9.94. The van der Waals surface area contributed by atoms with Gasteiger partial charge in [0, 0.05) is 61.8 Å². The Bertz CT molecular complexity index is 1390. The fourth-order valence-corrected chi connectivity index (χ4v) is 5.44. The van der Waals surface area contributed by atoms with Crippen LogP contribution < -0.4 is 10.6 Å². The van der Waals surface area contributed by atoms with Crippen LogP contribution in [-0.2, 0) is 4.74 Å². The molecule has 1 saturated heterocycles. The molecule has 0 atom stereocenters. The summed E-state index contributed by atoms with van der Waals surface area (Å²) in [4.78, 5) is 10.9. The van der Waals surface area contributed by atoms with E-state index in [0.717, 1.165) is 89.6 Å². The van der Waals surface area contributed by atoms with Crippen LogP contribution in [0.25, 0.3) is 22.2 Å². The van der Waals surface area contributed by atoms with E-state index >= 15 is 0 Å². The van der Waals surface area contributed by atoms with Crippen LogP contribution in [0, 0.1) is 5.82 Å². The van der Waals surface area contributed by atoms with Gasteiger partial charge < -0.3 is 25.3 Å². The number of para-hydroxylation sites is 2. The molecule has 6 rings (SSSR count). The van der Waals surface area contributed by atoms with Crippen molar-refractivity contribution in [3.8, 4) is 0 Å². The van der Waals surface area contributed by atoms with Gasteiger partial charge in [-0.05, 0) is 66.4 Å². The molecule has 4 aromatic rings. The highest BCUT2D eigenvalue weighted by Crippen LogP contribution is 2.40. The molecule has 3 aromatic carbocycles. The summed E-state index contributed by atoms with van der Waals surface area (Å²) in [5, 5.41) is 7.33. The third-order valence-corrected chi connectivity index (χ3v) is 7.43. The van der Waals surface area contributed by atoms with Gasteiger partial charge in [-0.25, -0.2) is 9.37 Å². The summed E-state index contributed by atoms with van der Waals surface area (Å²) in [7, 11) is 1.76. The van der Waals surface area contributed by atoms with Gasteiger partial charge in [0.15, 0.2) is 0 Å². The van der Waals surface area contributed by atoms with Crippen LogP contribution in [0.4, 0.5) is 15.8 Å². The number of fused-ring (bicyclic) bond motifs is 2. The number of nitrogens with zero attached hydrogens (tertiary/aromatic N) is 2. The second kappa shape index (κ2) is 10.4. The number of H-pyrrole nitrogens is 1. The Morgan fingerprint density at radius 3 is 2.68 bits per heavy atom. The number of hydrogen-bond acceptors (Lipinski definition) is 5. The van der Waals surface area contributed by atoms with Gasteiger partial charge >= 0.3 is 0 Å². The average molecular weight is 498 g/mol. The van der Waals surface area contributed by atoms with Crippen molar-refractivity contribution >= 4 is 33.6 Å². The highest BCUT2D eigenvalue weighted by Gasteiger charge is 2.25. The molecule has 3 heterocycles. The first-order chi connectivity index (χ1) is 18.2. The van der Waals surface area contributed by atoms with E-state index in [-0.39, 0.29) is 5.82 Å². The Labute approximate surface area is 216 Å². The monoisotopic (exact) mass is 497 g/mol. The standard InChI is InChI=1S/C30H32FN5O/c1-37-17-16-36-14-12-22(13-15-36)33-23-10-11-26-24(18-23)25(19-32-26)29(20-6-8-21(31)9-7-20)30-34-27-4-2-3-5-28(27)35-30/h2-11,18,22,32-33H,12-17,19H2,1H3,(H,34,35)/b29-25+. The van der Waals surface area contributed by atoms with E-state index in [0.29, 0.717) is 12.6 Å². The maximum atomic E-state index is 13.8. The van der Waals surface area contributed by atoms with Crippen LogP contribution in [0.2, 0.25) is 0 Å². The minimum absolute atomic E-state index is 0.248. The molecule has 0 amide bonds. The average Bonchev–Trinajstić information content (AvgIpc) is 3.54. The molecule has 0 radical (unpaired) electrons. The molecule has 1 fully saturated rings. The highest BCUT2D eigenvalue weighted by atomic mass is 19.1. The fraction of sp³-hybridized carbons (Fsp3) is 0.300. The first-order valence-electron chi connectivity index (χ1n) is 13.0. The number of benzene rings is 3. The molecule has 1 aromatic heterocycles. The smallest absolute Gasteiger partial charge is 0.139 e. The molecule has 0 bridgehead atoms. The first-order valence-corrected chi connectivity index (χ1v) is 13.0. The van der Waals surface area contributed by atoms with E-state index in [1.165, 1.54) is 12.1 Å². The Balaban J connectivity index is 1.34. The Kier molecular flexibility index (Phi) is 6.64. The summed E-state index contributed by atoms with van der Waals surface area (Å²) in [6, 6.07) is 21.7.